The van der Waals surface area contributed by atoms with Crippen LogP contribution < -0.4 is 0 Å². The molecular weight excluding hydrogens is 846 g/mol. The molecule has 0 aliphatic heterocycles. The van der Waals surface area contributed by atoms with Crippen LogP contribution in [0.5, 0.6) is 0 Å². The first kappa shape index (κ1) is 64.5. The summed E-state index contributed by atoms with van der Waals surface area (Å²) in [5.74, 6) is -0.790. The lowest BCUT2D eigenvalue weighted by Gasteiger charge is -2.24. The summed E-state index contributed by atoms with van der Waals surface area (Å²) in [6, 6.07) is 0. The number of nitrogens with zero attached hydrogens (tertiary/aromatic N) is 1. The van der Waals surface area contributed by atoms with Crippen molar-refractivity contribution in [3.05, 3.63) is 24.3 Å². The van der Waals surface area contributed by atoms with E-state index in [4.69, 9.17) is 18.5 Å². The van der Waals surface area contributed by atoms with Crippen molar-refractivity contribution in [2.45, 2.75) is 277 Å². The number of esters is 2. The standard InChI is InChI=1S/C56H108NO8P/c1-6-8-10-12-14-16-18-20-22-24-25-26-27-28-29-30-31-33-35-37-39-41-43-45-47-49-56(59)65-54(53-64-66(60,61)63-51-50-57(3,4)5)52-62-55(58)48-46-44-42-40-38-36-34-32-23-21-19-17-15-13-11-9-7-2/h21,23-25,54H,6-20,22,26-53H2,1-5H3/p+1/b23-21-,25-24-. The predicted octanol–water partition coefficient (Wildman–Crippen LogP) is 17.0. The molecule has 0 aliphatic carbocycles. The Balaban J connectivity index is 4.15. The zero-order chi connectivity index (χ0) is 48.5. The maximum absolute atomic E-state index is 12.8. The maximum atomic E-state index is 12.8. The van der Waals surface area contributed by atoms with E-state index in [1.807, 2.05) is 21.1 Å². The molecule has 0 rings (SSSR count). The molecule has 0 heterocycles. The number of allylic oxidation sites excluding steroid dienone is 4. The lowest BCUT2D eigenvalue weighted by Crippen LogP contribution is -2.37. The number of likely N-dealkylation sites (N-methyl/N-ethyl adjacent to an activating group) is 1. The van der Waals surface area contributed by atoms with Crippen molar-refractivity contribution in [2.75, 3.05) is 47.5 Å². The fraction of sp³-hybridized carbons (Fsp3) is 0.893. The van der Waals surface area contributed by atoms with Crippen LogP contribution >= 0.6 is 7.82 Å². The minimum absolute atomic E-state index is 0.0331. The highest BCUT2D eigenvalue weighted by Gasteiger charge is 2.27. The second kappa shape index (κ2) is 48.5. The van der Waals surface area contributed by atoms with Crippen LogP contribution in [-0.4, -0.2) is 74.9 Å². The molecule has 0 spiro atoms. The quantitative estimate of drug-likeness (QED) is 0.0211. The zero-order valence-electron chi connectivity index (χ0n) is 44.2. The summed E-state index contributed by atoms with van der Waals surface area (Å²) in [5, 5.41) is 0. The molecule has 0 radical (unpaired) electrons. The van der Waals surface area contributed by atoms with E-state index in [0.29, 0.717) is 17.4 Å². The molecule has 9 nitrogen and oxygen atoms in total. The Morgan fingerprint density at radius 2 is 0.773 bits per heavy atom. The summed E-state index contributed by atoms with van der Waals surface area (Å²) in [7, 11) is 1.49. The minimum atomic E-state index is -4.38. The first-order valence-electron chi connectivity index (χ1n) is 28.1. The molecule has 66 heavy (non-hydrogen) atoms. The van der Waals surface area contributed by atoms with Crippen LogP contribution in [0, 0.1) is 0 Å². The van der Waals surface area contributed by atoms with Gasteiger partial charge in [0.1, 0.15) is 19.8 Å². The second-order valence-electron chi connectivity index (χ2n) is 20.3. The summed E-state index contributed by atoms with van der Waals surface area (Å²) < 4.78 is 34.5. The van der Waals surface area contributed by atoms with Crippen LogP contribution in [0.2, 0.25) is 0 Å². The number of carbonyl (C=O) groups is 2. The van der Waals surface area contributed by atoms with Gasteiger partial charge in [0.05, 0.1) is 27.7 Å². The van der Waals surface area contributed by atoms with Gasteiger partial charge in [0.2, 0.25) is 0 Å². The molecule has 0 aromatic heterocycles. The van der Waals surface area contributed by atoms with Crippen LogP contribution in [0.25, 0.3) is 0 Å². The number of phosphoric ester groups is 1. The molecule has 0 aromatic carbocycles. The SMILES string of the molecule is CCCCCCCC/C=C\CCCCCCCCCC(=O)OCC(COP(=O)(O)OCC[N+](C)(C)C)OC(=O)CCCCCCCCCCCCCCC/C=C\CCCCCCCCCC. The van der Waals surface area contributed by atoms with Crippen LogP contribution in [-0.2, 0) is 32.7 Å². The van der Waals surface area contributed by atoms with Crippen molar-refractivity contribution in [3.8, 4) is 0 Å². The van der Waals surface area contributed by atoms with E-state index in [1.165, 1.54) is 205 Å². The number of rotatable bonds is 52. The molecule has 390 valence electrons. The first-order chi connectivity index (χ1) is 32.0. The van der Waals surface area contributed by atoms with Gasteiger partial charge in [-0.15, -0.1) is 0 Å². The van der Waals surface area contributed by atoms with Crippen LogP contribution in [0.4, 0.5) is 0 Å². The van der Waals surface area contributed by atoms with E-state index in [0.717, 1.165) is 32.1 Å². The number of hydrogen-bond acceptors (Lipinski definition) is 7. The molecule has 0 amide bonds. The van der Waals surface area contributed by atoms with Crippen molar-refractivity contribution in [3.63, 3.8) is 0 Å². The maximum Gasteiger partial charge on any atom is 0.472 e. The van der Waals surface area contributed by atoms with Crippen molar-refractivity contribution in [2.24, 2.45) is 0 Å². The van der Waals surface area contributed by atoms with Crippen molar-refractivity contribution in [1.29, 1.82) is 0 Å². The lowest BCUT2D eigenvalue weighted by atomic mass is 10.0. The molecule has 0 bridgehead atoms. The fourth-order valence-corrected chi connectivity index (χ4v) is 8.81. The van der Waals surface area contributed by atoms with Crippen molar-refractivity contribution < 1.29 is 42.1 Å². The Morgan fingerprint density at radius 1 is 0.455 bits per heavy atom. The topological polar surface area (TPSA) is 108 Å². The summed E-state index contributed by atoms with van der Waals surface area (Å²) in [5.41, 5.74) is 0. The summed E-state index contributed by atoms with van der Waals surface area (Å²) in [6.07, 6.45) is 56.7. The molecule has 10 heteroatoms. The van der Waals surface area contributed by atoms with E-state index in [1.54, 1.807) is 0 Å². The predicted molar refractivity (Wildman–Crippen MR) is 280 cm³/mol. The third-order valence-electron chi connectivity index (χ3n) is 12.5. The smallest absolute Gasteiger partial charge is 0.462 e. The molecule has 2 unspecified atom stereocenters. The van der Waals surface area contributed by atoms with Gasteiger partial charge in [-0.2, -0.15) is 0 Å². The van der Waals surface area contributed by atoms with Crippen LogP contribution in [0.15, 0.2) is 24.3 Å². The average molecular weight is 955 g/mol. The van der Waals surface area contributed by atoms with Gasteiger partial charge < -0.3 is 18.9 Å². The van der Waals surface area contributed by atoms with Crippen LogP contribution in [0.3, 0.4) is 0 Å². The van der Waals surface area contributed by atoms with Gasteiger partial charge in [0, 0.05) is 12.8 Å². The van der Waals surface area contributed by atoms with Gasteiger partial charge in [-0.3, -0.25) is 18.6 Å². The summed E-state index contributed by atoms with van der Waals surface area (Å²) >= 11 is 0. The normalized spacial score (nSPS) is 13.5. The van der Waals surface area contributed by atoms with E-state index in [9.17, 15) is 19.0 Å². The number of ether oxygens (including phenoxy) is 2. The Hall–Kier alpha value is -1.51. The number of hydrogen-bond donors (Lipinski definition) is 1. The first-order valence-corrected chi connectivity index (χ1v) is 29.6. The third kappa shape index (κ3) is 51.9. The van der Waals surface area contributed by atoms with Gasteiger partial charge in [0.15, 0.2) is 6.10 Å². The Labute approximate surface area is 409 Å². The number of phosphoric acid groups is 1. The Kier molecular flexibility index (Phi) is 47.4. The van der Waals surface area contributed by atoms with E-state index < -0.39 is 26.5 Å². The van der Waals surface area contributed by atoms with Crippen molar-refractivity contribution >= 4 is 19.8 Å². The van der Waals surface area contributed by atoms with Crippen LogP contribution in [0.1, 0.15) is 271 Å². The number of unbranched alkanes of at least 4 members (excludes halogenated alkanes) is 34. The second-order valence-corrected chi connectivity index (χ2v) is 21.8. The molecule has 0 fully saturated rings. The molecule has 1 N–H and O–H groups in total. The Morgan fingerprint density at radius 3 is 1.12 bits per heavy atom. The van der Waals surface area contributed by atoms with Gasteiger partial charge in [0.25, 0.3) is 0 Å². The molecule has 0 saturated carbocycles. The zero-order valence-corrected chi connectivity index (χ0v) is 45.1. The van der Waals surface area contributed by atoms with Gasteiger partial charge in [-0.25, -0.2) is 4.57 Å². The highest BCUT2D eigenvalue weighted by molar-refractivity contribution is 7.47. The fourth-order valence-electron chi connectivity index (χ4n) is 8.07. The summed E-state index contributed by atoms with van der Waals surface area (Å²) in [6.45, 7) is 4.46. The van der Waals surface area contributed by atoms with E-state index in [-0.39, 0.29) is 32.0 Å². The van der Waals surface area contributed by atoms with Crippen molar-refractivity contribution in [1.82, 2.24) is 0 Å². The molecule has 0 aromatic rings. The monoisotopic (exact) mass is 955 g/mol. The Bertz CT molecular complexity index is 1170. The molecular formula is C56H109NO8P+. The average Bonchev–Trinajstić information content (AvgIpc) is 3.27. The number of quaternary nitrogens is 1. The molecule has 2 atom stereocenters. The highest BCUT2D eigenvalue weighted by atomic mass is 31.2. The van der Waals surface area contributed by atoms with Gasteiger partial charge >= 0.3 is 19.8 Å². The van der Waals surface area contributed by atoms with E-state index in [2.05, 4.69) is 38.2 Å². The molecule has 0 aliphatic rings. The lowest BCUT2D eigenvalue weighted by molar-refractivity contribution is -0.870. The minimum Gasteiger partial charge on any atom is -0.462 e. The third-order valence-corrected chi connectivity index (χ3v) is 13.4. The summed E-state index contributed by atoms with van der Waals surface area (Å²) in [4.78, 5) is 35.6. The van der Waals surface area contributed by atoms with E-state index >= 15 is 0 Å². The largest absolute Gasteiger partial charge is 0.472 e. The molecule has 0 saturated heterocycles. The highest BCUT2D eigenvalue weighted by Crippen LogP contribution is 2.43. The van der Waals surface area contributed by atoms with Gasteiger partial charge in [-0.1, -0.05) is 218 Å². The number of carbonyl (C=O) groups excluding carboxylic acids is 2. The van der Waals surface area contributed by atoms with Gasteiger partial charge in [-0.05, 0) is 64.2 Å².